The Balaban J connectivity index is 0.000000690. The minimum Gasteiger partial charge on any atom is -0.383 e. The summed E-state index contributed by atoms with van der Waals surface area (Å²) in [6, 6.07) is 6.89. The van der Waals surface area contributed by atoms with Crippen LogP contribution in [0.3, 0.4) is 0 Å². The molecule has 21 heavy (non-hydrogen) atoms. The molecule has 0 aromatic heterocycles. The molecular weight excluding hydrogens is 254 g/mol. The average molecular weight is 290 g/mol. The zero-order valence-corrected chi connectivity index (χ0v) is 15.6. The van der Waals surface area contributed by atoms with Crippen molar-refractivity contribution in [1.82, 2.24) is 5.32 Å². The summed E-state index contributed by atoms with van der Waals surface area (Å²) in [5.74, 6) is 0.581. The maximum absolute atomic E-state index is 3.90. The fourth-order valence-electron chi connectivity index (χ4n) is 2.21. The normalized spacial score (nSPS) is 12.5. The molecule has 1 rings (SSSR count). The van der Waals surface area contributed by atoms with E-state index >= 15 is 0 Å². The Morgan fingerprint density at radius 2 is 1.48 bits per heavy atom. The second kappa shape index (κ2) is 8.26. The van der Waals surface area contributed by atoms with E-state index in [9.17, 15) is 0 Å². The lowest BCUT2D eigenvalue weighted by atomic mass is 9.92. The van der Waals surface area contributed by atoms with Gasteiger partial charge in [-0.1, -0.05) is 66.3 Å². The molecule has 0 saturated heterocycles. The second-order valence-electron chi connectivity index (χ2n) is 7.86. The third kappa shape index (κ3) is 8.60. The lowest BCUT2D eigenvalue weighted by molar-refractivity contribution is 0.469. The molecule has 0 spiro atoms. The maximum atomic E-state index is 3.90. The van der Waals surface area contributed by atoms with Crippen LogP contribution in [0.4, 0.5) is 0 Å². The first kappa shape index (κ1) is 19.8. The predicted octanol–water partition coefficient (Wildman–Crippen LogP) is 6.36. The van der Waals surface area contributed by atoms with Gasteiger partial charge in [0.25, 0.3) is 0 Å². The monoisotopic (exact) mass is 289 g/mol. The highest BCUT2D eigenvalue weighted by atomic mass is 14.9. The topological polar surface area (TPSA) is 12.0 Å². The highest BCUT2D eigenvalue weighted by Gasteiger charge is 2.11. The van der Waals surface area contributed by atoms with Crippen LogP contribution in [0.1, 0.15) is 84.0 Å². The van der Waals surface area contributed by atoms with Crippen LogP contribution in [0.15, 0.2) is 30.5 Å². The summed E-state index contributed by atoms with van der Waals surface area (Å²) < 4.78 is 0. The van der Waals surface area contributed by atoms with Crippen molar-refractivity contribution >= 4 is 0 Å². The Labute approximate surface area is 132 Å². The van der Waals surface area contributed by atoms with Crippen LogP contribution in [0.5, 0.6) is 0 Å². The average Bonchev–Trinajstić information content (AvgIpc) is 2.25. The van der Waals surface area contributed by atoms with Crippen LogP contribution in [0.25, 0.3) is 0 Å². The summed E-state index contributed by atoms with van der Waals surface area (Å²) >= 11 is 0. The fraction of sp³-hybridized carbons (Fsp3) is 0.600. The quantitative estimate of drug-likeness (QED) is 0.680. The first-order valence-electron chi connectivity index (χ1n) is 7.95. The van der Waals surface area contributed by atoms with Crippen molar-refractivity contribution in [2.45, 2.75) is 74.3 Å². The molecule has 0 aliphatic carbocycles. The smallest absolute Gasteiger partial charge is 0.0485 e. The van der Waals surface area contributed by atoms with Crippen LogP contribution in [-0.2, 0) is 0 Å². The Morgan fingerprint density at radius 1 is 1.05 bits per heavy atom. The molecule has 1 unspecified atom stereocenters. The van der Waals surface area contributed by atoms with Crippen molar-refractivity contribution in [3.8, 4) is 0 Å². The zero-order chi connectivity index (χ0) is 16.8. The van der Waals surface area contributed by atoms with Crippen LogP contribution in [0.2, 0.25) is 0 Å². The Bertz CT molecular complexity index is 443. The van der Waals surface area contributed by atoms with Gasteiger partial charge in [0, 0.05) is 11.7 Å². The largest absolute Gasteiger partial charge is 0.383 e. The van der Waals surface area contributed by atoms with Gasteiger partial charge in [-0.05, 0) is 48.8 Å². The zero-order valence-electron chi connectivity index (χ0n) is 15.6. The first-order chi connectivity index (χ1) is 9.43. The highest BCUT2D eigenvalue weighted by molar-refractivity contribution is 5.38. The number of allylic oxidation sites excluding steroid dienone is 1. The maximum Gasteiger partial charge on any atom is 0.0485 e. The lowest BCUT2D eigenvalue weighted by Crippen LogP contribution is -2.17. The van der Waals surface area contributed by atoms with E-state index in [0.29, 0.717) is 17.4 Å². The van der Waals surface area contributed by atoms with Gasteiger partial charge < -0.3 is 5.32 Å². The third-order valence-electron chi connectivity index (χ3n) is 2.97. The molecule has 0 radical (unpaired) electrons. The molecule has 1 N–H and O–H groups in total. The summed E-state index contributed by atoms with van der Waals surface area (Å²) in [7, 11) is 0. The van der Waals surface area contributed by atoms with E-state index < -0.39 is 0 Å². The molecule has 0 saturated carbocycles. The number of nitrogens with one attached hydrogen (secondary N) is 1. The lowest BCUT2D eigenvalue weighted by Gasteiger charge is -2.20. The van der Waals surface area contributed by atoms with Crippen molar-refractivity contribution < 1.29 is 0 Å². The van der Waals surface area contributed by atoms with E-state index in [0.717, 1.165) is 5.70 Å². The molecule has 1 heteroatoms. The molecule has 0 aliphatic heterocycles. The molecular formula is C20H35N. The van der Waals surface area contributed by atoms with Crippen molar-refractivity contribution in [2.24, 2.45) is 5.41 Å². The number of benzene rings is 1. The van der Waals surface area contributed by atoms with Crippen LogP contribution < -0.4 is 5.32 Å². The van der Waals surface area contributed by atoms with E-state index in [1.165, 1.54) is 16.7 Å². The van der Waals surface area contributed by atoms with Crippen LogP contribution in [0, 0.1) is 12.3 Å². The summed E-state index contributed by atoms with van der Waals surface area (Å²) in [6.45, 7) is 23.5. The van der Waals surface area contributed by atoms with Gasteiger partial charge in [-0.2, -0.15) is 0 Å². The summed E-state index contributed by atoms with van der Waals surface area (Å²) in [5.41, 5.74) is 5.72. The molecule has 0 fully saturated rings. The van der Waals surface area contributed by atoms with Gasteiger partial charge in [0.15, 0.2) is 0 Å². The molecule has 0 heterocycles. The minimum atomic E-state index is 0.330. The van der Waals surface area contributed by atoms with Gasteiger partial charge in [0.05, 0.1) is 0 Å². The number of hydrogen-bond acceptors (Lipinski definition) is 1. The summed E-state index contributed by atoms with van der Waals surface area (Å²) in [5, 5.41) is 3.37. The number of rotatable bonds is 4. The SMILES string of the molecule is C=C(C)NC(C)c1cccc(C(C)C)c1C.CC(C)(C)C. The Kier molecular flexibility index (Phi) is 7.78. The first-order valence-corrected chi connectivity index (χ1v) is 7.95. The predicted molar refractivity (Wildman–Crippen MR) is 96.8 cm³/mol. The van der Waals surface area contributed by atoms with Crippen molar-refractivity contribution in [1.29, 1.82) is 0 Å². The van der Waals surface area contributed by atoms with E-state index in [1.54, 1.807) is 0 Å². The Hall–Kier alpha value is -1.24. The van der Waals surface area contributed by atoms with Crippen molar-refractivity contribution in [3.05, 3.63) is 47.2 Å². The van der Waals surface area contributed by atoms with E-state index in [1.807, 2.05) is 6.92 Å². The van der Waals surface area contributed by atoms with Gasteiger partial charge in [-0.25, -0.2) is 0 Å². The standard InChI is InChI=1S/C15H23N.C5H12/c1-10(2)14-8-7-9-15(12(14)5)13(6)16-11(3)4;1-5(2,3)4/h7-10,13,16H,3H2,1-2,4-6H3;1-4H3. The molecule has 0 bridgehead atoms. The molecule has 120 valence electrons. The molecule has 1 atom stereocenters. The molecule has 1 aromatic rings. The van der Waals surface area contributed by atoms with Gasteiger partial charge in [-0.15, -0.1) is 0 Å². The van der Waals surface area contributed by atoms with E-state index in [4.69, 9.17) is 0 Å². The molecule has 1 nitrogen and oxygen atoms in total. The van der Waals surface area contributed by atoms with Gasteiger partial charge in [-0.3, -0.25) is 0 Å². The second-order valence-corrected chi connectivity index (χ2v) is 7.86. The summed E-state index contributed by atoms with van der Waals surface area (Å²) in [6.07, 6.45) is 0. The van der Waals surface area contributed by atoms with Gasteiger partial charge >= 0.3 is 0 Å². The van der Waals surface area contributed by atoms with Crippen molar-refractivity contribution in [2.75, 3.05) is 0 Å². The Morgan fingerprint density at radius 3 is 1.86 bits per heavy atom. The van der Waals surface area contributed by atoms with Crippen molar-refractivity contribution in [3.63, 3.8) is 0 Å². The fourth-order valence-corrected chi connectivity index (χ4v) is 2.21. The highest BCUT2D eigenvalue weighted by Crippen LogP contribution is 2.26. The van der Waals surface area contributed by atoms with Gasteiger partial charge in [0.2, 0.25) is 0 Å². The van der Waals surface area contributed by atoms with E-state index in [2.05, 4.69) is 85.5 Å². The van der Waals surface area contributed by atoms with E-state index in [-0.39, 0.29) is 0 Å². The third-order valence-corrected chi connectivity index (χ3v) is 2.97. The summed E-state index contributed by atoms with van der Waals surface area (Å²) in [4.78, 5) is 0. The number of hydrogen-bond donors (Lipinski definition) is 1. The molecule has 0 amide bonds. The van der Waals surface area contributed by atoms with Crippen LogP contribution >= 0.6 is 0 Å². The molecule has 0 aliphatic rings. The van der Waals surface area contributed by atoms with Crippen LogP contribution in [-0.4, -0.2) is 0 Å². The molecule has 1 aromatic carbocycles. The minimum absolute atomic E-state index is 0.330. The van der Waals surface area contributed by atoms with Gasteiger partial charge in [0.1, 0.15) is 0 Å².